The van der Waals surface area contributed by atoms with E-state index in [0.29, 0.717) is 17.9 Å². The number of aliphatic carboxylic acids is 1. The smallest absolute Gasteiger partial charge is 0.475 e. The van der Waals surface area contributed by atoms with Gasteiger partial charge in [-0.05, 0) is 12.5 Å². The van der Waals surface area contributed by atoms with E-state index in [9.17, 15) is 31.1 Å². The zero-order chi connectivity index (χ0) is 26.4. The van der Waals surface area contributed by atoms with E-state index < -0.39 is 35.6 Å². The first-order chi connectivity index (χ1) is 16.7. The van der Waals surface area contributed by atoms with Crippen LogP contribution in [0.5, 0.6) is 0 Å². The number of carboxylic acids is 1. The van der Waals surface area contributed by atoms with Crippen molar-refractivity contribution in [2.24, 2.45) is 7.05 Å². The fraction of sp³-hybridized carbons (Fsp3) is 0.421. The lowest BCUT2D eigenvalue weighted by atomic mass is 9.91. The van der Waals surface area contributed by atoms with Crippen LogP contribution in [0.25, 0.3) is 5.65 Å². The number of aromatic nitrogens is 5. The van der Waals surface area contributed by atoms with Gasteiger partial charge in [-0.2, -0.15) is 36.5 Å². The highest BCUT2D eigenvalue weighted by atomic mass is 19.4. The second kappa shape index (κ2) is 8.96. The number of carbonyl (C=O) groups is 2. The van der Waals surface area contributed by atoms with Gasteiger partial charge in [-0.25, -0.2) is 14.3 Å². The quantitative estimate of drug-likeness (QED) is 0.447. The zero-order valence-corrected chi connectivity index (χ0v) is 18.3. The average Bonchev–Trinajstić information content (AvgIpc) is 3.35. The van der Waals surface area contributed by atoms with Gasteiger partial charge in [0.05, 0.1) is 11.9 Å². The molecule has 3 aromatic rings. The number of rotatable bonds is 3. The van der Waals surface area contributed by atoms with Gasteiger partial charge in [0.2, 0.25) is 0 Å². The van der Waals surface area contributed by atoms with Crippen molar-refractivity contribution in [3.8, 4) is 0 Å². The third-order valence-electron chi connectivity index (χ3n) is 5.43. The Balaban J connectivity index is 0.000000384. The van der Waals surface area contributed by atoms with E-state index in [0.717, 1.165) is 30.4 Å². The summed E-state index contributed by atoms with van der Waals surface area (Å²) in [4.78, 5) is 28.3. The van der Waals surface area contributed by atoms with Gasteiger partial charge in [-0.15, -0.1) is 0 Å². The summed E-state index contributed by atoms with van der Waals surface area (Å²) in [5.74, 6) is -2.78. The number of carboxylic acid groups (broad SMARTS) is 1. The van der Waals surface area contributed by atoms with Crippen LogP contribution in [0.15, 0.2) is 24.7 Å². The molecule has 0 aromatic carbocycles. The minimum Gasteiger partial charge on any atom is -0.475 e. The maximum atomic E-state index is 13.1. The molecule has 2 atom stereocenters. The van der Waals surface area contributed by atoms with Crippen molar-refractivity contribution in [1.82, 2.24) is 29.7 Å². The number of nitrogens with zero attached hydrogens (tertiary/aromatic N) is 6. The number of aryl methyl sites for hydroxylation is 1. The molecule has 0 saturated carbocycles. The van der Waals surface area contributed by atoms with Crippen LogP contribution >= 0.6 is 0 Å². The van der Waals surface area contributed by atoms with Crippen molar-refractivity contribution in [3.63, 3.8) is 0 Å². The summed E-state index contributed by atoms with van der Waals surface area (Å²) in [5.41, 5.74) is -1.20. The minimum atomic E-state index is -5.08. The van der Waals surface area contributed by atoms with Crippen LogP contribution in [0.2, 0.25) is 0 Å². The lowest BCUT2D eigenvalue weighted by Crippen LogP contribution is -2.67. The number of hydrogen-bond acceptors (Lipinski definition) is 7. The molecule has 6 rings (SSSR count). The highest BCUT2D eigenvalue weighted by Crippen LogP contribution is 2.33. The van der Waals surface area contributed by atoms with Crippen molar-refractivity contribution in [3.05, 3.63) is 35.9 Å². The summed E-state index contributed by atoms with van der Waals surface area (Å²) >= 11 is 0. The number of nitrogens with one attached hydrogen (secondary N) is 2. The Morgan fingerprint density at radius 2 is 1.78 bits per heavy atom. The molecule has 11 nitrogen and oxygen atoms in total. The Bertz CT molecular complexity index is 1280. The molecule has 1 amide bonds. The molecule has 3 N–H and O–H groups in total. The van der Waals surface area contributed by atoms with E-state index in [4.69, 9.17) is 9.90 Å². The number of fused-ring (bicyclic) bond motifs is 3. The van der Waals surface area contributed by atoms with Crippen molar-refractivity contribution in [2.45, 2.75) is 30.9 Å². The van der Waals surface area contributed by atoms with E-state index in [2.05, 4.69) is 30.7 Å². The summed E-state index contributed by atoms with van der Waals surface area (Å²) in [7, 11) is 1.35. The number of piperazine rings is 1. The molecule has 3 fully saturated rings. The number of anilines is 2. The van der Waals surface area contributed by atoms with Crippen molar-refractivity contribution in [1.29, 1.82) is 0 Å². The van der Waals surface area contributed by atoms with E-state index in [1.807, 2.05) is 6.07 Å². The summed E-state index contributed by atoms with van der Waals surface area (Å²) in [6, 6.07) is 2.69. The number of carbonyl (C=O) groups excluding carboxylic acids is 1. The molecule has 3 aliphatic heterocycles. The van der Waals surface area contributed by atoms with Gasteiger partial charge < -0.3 is 20.6 Å². The summed E-state index contributed by atoms with van der Waals surface area (Å²) in [5, 5.41) is 20.3. The molecule has 17 heteroatoms. The van der Waals surface area contributed by atoms with Gasteiger partial charge in [-0.3, -0.25) is 9.48 Å². The SMILES string of the molecule is Cn1cc(NC(=O)c2cnn3ccc(N4CC5CC(C4)N5)nc23)c(C(F)(F)F)n1.O=C(O)C(F)(F)F. The zero-order valence-electron chi connectivity index (χ0n) is 18.3. The third kappa shape index (κ3) is 5.19. The van der Waals surface area contributed by atoms with Crippen molar-refractivity contribution in [2.75, 3.05) is 23.3 Å². The highest BCUT2D eigenvalue weighted by Gasteiger charge is 2.39. The van der Waals surface area contributed by atoms with Crippen molar-refractivity contribution >= 4 is 29.0 Å². The highest BCUT2D eigenvalue weighted by molar-refractivity contribution is 6.08. The van der Waals surface area contributed by atoms with Crippen LogP contribution in [-0.4, -0.2) is 72.7 Å². The molecule has 2 bridgehead atoms. The van der Waals surface area contributed by atoms with Crippen molar-refractivity contribution < 1.29 is 41.0 Å². The number of amides is 1. The molecular formula is C19H18F6N8O3. The fourth-order valence-corrected chi connectivity index (χ4v) is 3.88. The minimum absolute atomic E-state index is 0.0871. The lowest BCUT2D eigenvalue weighted by Gasteiger charge is -2.48. The summed E-state index contributed by atoms with van der Waals surface area (Å²) < 4.78 is 73.6. The van der Waals surface area contributed by atoms with Crippen LogP contribution in [0.4, 0.5) is 37.8 Å². The van der Waals surface area contributed by atoms with Gasteiger partial charge in [0.25, 0.3) is 5.91 Å². The number of hydrogen-bond donors (Lipinski definition) is 3. The van der Waals surface area contributed by atoms with Crippen LogP contribution in [0.1, 0.15) is 22.5 Å². The molecular weight excluding hydrogens is 502 g/mol. The summed E-state index contributed by atoms with van der Waals surface area (Å²) in [6.07, 6.45) is -4.53. The van der Waals surface area contributed by atoms with Gasteiger partial charge >= 0.3 is 18.3 Å². The molecule has 3 aliphatic rings. The summed E-state index contributed by atoms with van der Waals surface area (Å²) in [6.45, 7) is 1.64. The van der Waals surface area contributed by atoms with Gasteiger partial charge in [0, 0.05) is 44.6 Å². The number of halogens is 6. The Labute approximate surface area is 197 Å². The predicted octanol–water partition coefficient (Wildman–Crippen LogP) is 1.92. The average molecular weight is 520 g/mol. The maximum Gasteiger partial charge on any atom is 0.490 e. The first kappa shape index (κ1) is 25.2. The molecule has 0 aliphatic carbocycles. The molecule has 36 heavy (non-hydrogen) atoms. The molecule has 194 valence electrons. The lowest BCUT2D eigenvalue weighted by molar-refractivity contribution is -0.192. The maximum absolute atomic E-state index is 13.1. The van der Waals surface area contributed by atoms with Gasteiger partial charge in [-0.1, -0.05) is 0 Å². The van der Waals surface area contributed by atoms with Crippen LogP contribution in [0.3, 0.4) is 0 Å². The van der Waals surface area contributed by atoms with Gasteiger partial charge in [0.1, 0.15) is 11.4 Å². The Morgan fingerprint density at radius 3 is 2.33 bits per heavy atom. The predicted molar refractivity (Wildman–Crippen MR) is 110 cm³/mol. The topological polar surface area (TPSA) is 130 Å². The molecule has 6 heterocycles. The number of alkyl halides is 6. The Kier molecular flexibility index (Phi) is 6.27. The monoisotopic (exact) mass is 520 g/mol. The third-order valence-corrected chi connectivity index (χ3v) is 5.43. The van der Waals surface area contributed by atoms with E-state index >= 15 is 0 Å². The number of piperidine rings is 1. The molecule has 3 saturated heterocycles. The van der Waals surface area contributed by atoms with Gasteiger partial charge in [0.15, 0.2) is 11.3 Å². The molecule has 3 aromatic heterocycles. The van der Waals surface area contributed by atoms with Crippen LogP contribution in [0, 0.1) is 0 Å². The first-order valence-electron chi connectivity index (χ1n) is 10.3. The van der Waals surface area contributed by atoms with Crippen LogP contribution < -0.4 is 15.5 Å². The standard InChI is InChI=1S/C17H17F3N8O.C2HF3O2/c1-26-8-12(14(25-26)17(18,19)20)23-16(29)11-5-21-28-3-2-13(24-15(11)28)27-6-9-4-10(7-27)22-9;3-2(4,5)1(6)7/h2-3,5,8-10,22H,4,6-7H2,1H3,(H,23,29);(H,6,7). The Morgan fingerprint density at radius 1 is 1.17 bits per heavy atom. The molecule has 0 radical (unpaired) electrons. The second-order valence-corrected chi connectivity index (χ2v) is 8.13. The van der Waals surface area contributed by atoms with E-state index in [-0.39, 0.29) is 11.2 Å². The first-order valence-corrected chi connectivity index (χ1v) is 10.3. The molecule has 2 unspecified atom stereocenters. The molecule has 0 spiro atoms. The van der Waals surface area contributed by atoms with E-state index in [1.165, 1.54) is 17.8 Å². The Hall–Kier alpha value is -3.89. The normalized spacial score (nSPS) is 19.4. The fourth-order valence-electron chi connectivity index (χ4n) is 3.88. The van der Waals surface area contributed by atoms with Crippen LogP contribution in [-0.2, 0) is 18.0 Å². The van der Waals surface area contributed by atoms with E-state index in [1.54, 1.807) is 6.20 Å². The largest absolute Gasteiger partial charge is 0.490 e. The second-order valence-electron chi connectivity index (χ2n) is 8.13.